The van der Waals surface area contributed by atoms with Crippen LogP contribution in [0, 0.1) is 6.92 Å². The summed E-state index contributed by atoms with van der Waals surface area (Å²) in [5.41, 5.74) is 1.13. The second-order valence-electron chi connectivity index (χ2n) is 5.80. The number of hydrogen-bond acceptors (Lipinski definition) is 3. The summed E-state index contributed by atoms with van der Waals surface area (Å²) in [6, 6.07) is 5.68. The largest absolute Gasteiger partial charge is 0.496 e. The van der Waals surface area contributed by atoms with Gasteiger partial charge in [-0.2, -0.15) is 0 Å². The van der Waals surface area contributed by atoms with Gasteiger partial charge in [-0.3, -0.25) is 0 Å². The molecule has 5 nitrogen and oxygen atoms in total. The Kier molecular flexibility index (Phi) is 6.03. The first kappa shape index (κ1) is 17.3. The first-order valence-corrected chi connectivity index (χ1v) is 7.15. The van der Waals surface area contributed by atoms with Crippen LogP contribution in [0.15, 0.2) is 18.2 Å². The van der Waals surface area contributed by atoms with Crippen molar-refractivity contribution in [3.8, 4) is 5.75 Å². The average molecular weight is 294 g/mol. The van der Waals surface area contributed by atoms with Gasteiger partial charge in [0.05, 0.1) is 19.3 Å². The normalized spacial score (nSPS) is 11.1. The van der Waals surface area contributed by atoms with Gasteiger partial charge < -0.3 is 20.1 Å². The highest BCUT2D eigenvalue weighted by molar-refractivity contribution is 5.74. The van der Waals surface area contributed by atoms with Crippen molar-refractivity contribution in [2.24, 2.45) is 0 Å². The van der Waals surface area contributed by atoms with Gasteiger partial charge in [-0.05, 0) is 39.3 Å². The SMILES string of the molecule is CCN(CC(C)(C)O)C(=O)NCc1ccc(C)cc1OC. The van der Waals surface area contributed by atoms with Crippen molar-refractivity contribution < 1.29 is 14.6 Å². The topological polar surface area (TPSA) is 61.8 Å². The second-order valence-corrected chi connectivity index (χ2v) is 5.80. The van der Waals surface area contributed by atoms with Crippen LogP contribution in [0.25, 0.3) is 0 Å². The molecule has 2 N–H and O–H groups in total. The van der Waals surface area contributed by atoms with E-state index in [1.807, 2.05) is 32.0 Å². The molecule has 0 aromatic heterocycles. The van der Waals surface area contributed by atoms with E-state index in [0.717, 1.165) is 16.9 Å². The molecule has 0 fully saturated rings. The maximum atomic E-state index is 12.2. The van der Waals surface area contributed by atoms with E-state index in [1.54, 1.807) is 25.9 Å². The number of rotatable bonds is 6. The summed E-state index contributed by atoms with van der Waals surface area (Å²) < 4.78 is 5.32. The Morgan fingerprint density at radius 2 is 2.10 bits per heavy atom. The molecule has 1 aromatic rings. The Morgan fingerprint density at radius 3 is 2.62 bits per heavy atom. The van der Waals surface area contributed by atoms with E-state index < -0.39 is 5.60 Å². The van der Waals surface area contributed by atoms with Crippen LogP contribution in [0.5, 0.6) is 5.75 Å². The molecule has 0 aliphatic rings. The number of hydrogen-bond donors (Lipinski definition) is 2. The quantitative estimate of drug-likeness (QED) is 0.846. The molecule has 0 heterocycles. The smallest absolute Gasteiger partial charge is 0.317 e. The summed E-state index contributed by atoms with van der Waals surface area (Å²) in [5, 5.41) is 12.7. The first-order valence-electron chi connectivity index (χ1n) is 7.15. The molecule has 1 rings (SSSR count). The maximum Gasteiger partial charge on any atom is 0.317 e. The van der Waals surface area contributed by atoms with Crippen LogP contribution >= 0.6 is 0 Å². The number of urea groups is 1. The molecular formula is C16H26N2O3. The minimum atomic E-state index is -0.908. The lowest BCUT2D eigenvalue weighted by molar-refractivity contribution is 0.0479. The number of methoxy groups -OCH3 is 1. The van der Waals surface area contributed by atoms with Crippen LogP contribution in [-0.4, -0.2) is 41.8 Å². The summed E-state index contributed by atoms with van der Waals surface area (Å²) in [5.74, 6) is 0.765. The molecule has 0 aliphatic carbocycles. The summed E-state index contributed by atoms with van der Waals surface area (Å²) in [4.78, 5) is 13.7. The van der Waals surface area contributed by atoms with Gasteiger partial charge in [-0.25, -0.2) is 4.79 Å². The number of carbonyl (C=O) groups is 1. The lowest BCUT2D eigenvalue weighted by Crippen LogP contribution is -2.46. The highest BCUT2D eigenvalue weighted by Gasteiger charge is 2.21. The zero-order chi connectivity index (χ0) is 16.0. The number of ether oxygens (including phenoxy) is 1. The van der Waals surface area contributed by atoms with Crippen molar-refractivity contribution in [1.29, 1.82) is 0 Å². The Balaban J connectivity index is 2.67. The molecule has 21 heavy (non-hydrogen) atoms. The molecule has 5 heteroatoms. The van der Waals surface area contributed by atoms with E-state index in [4.69, 9.17) is 4.74 Å². The third-order valence-electron chi connectivity index (χ3n) is 3.12. The van der Waals surface area contributed by atoms with Gasteiger partial charge in [0.15, 0.2) is 0 Å². The Hall–Kier alpha value is -1.75. The van der Waals surface area contributed by atoms with Gasteiger partial charge in [0.2, 0.25) is 0 Å². The molecular weight excluding hydrogens is 268 g/mol. The standard InChI is InChI=1S/C16H26N2O3/c1-6-18(11-16(3,4)20)15(19)17-10-13-8-7-12(2)9-14(13)21-5/h7-9,20H,6,10-11H2,1-5H3,(H,17,19). The number of aryl methyl sites for hydroxylation is 1. The third-order valence-corrected chi connectivity index (χ3v) is 3.12. The summed E-state index contributed by atoms with van der Waals surface area (Å²) in [6.45, 7) is 8.48. The molecule has 0 unspecified atom stereocenters. The highest BCUT2D eigenvalue weighted by atomic mass is 16.5. The van der Waals surface area contributed by atoms with Crippen molar-refractivity contribution in [1.82, 2.24) is 10.2 Å². The molecule has 0 spiro atoms. The molecule has 118 valence electrons. The van der Waals surface area contributed by atoms with E-state index in [9.17, 15) is 9.90 Å². The molecule has 0 atom stereocenters. The van der Waals surface area contributed by atoms with Crippen LogP contribution in [-0.2, 0) is 6.54 Å². The third kappa shape index (κ3) is 5.63. The van der Waals surface area contributed by atoms with Crippen molar-refractivity contribution >= 4 is 6.03 Å². The van der Waals surface area contributed by atoms with Gasteiger partial charge in [0.25, 0.3) is 0 Å². The van der Waals surface area contributed by atoms with E-state index in [1.165, 1.54) is 0 Å². The highest BCUT2D eigenvalue weighted by Crippen LogP contribution is 2.19. The predicted octanol–water partition coefficient (Wildman–Crippen LogP) is 2.31. The Labute approximate surface area is 126 Å². The molecule has 0 saturated heterocycles. The van der Waals surface area contributed by atoms with Crippen LogP contribution < -0.4 is 10.1 Å². The number of aliphatic hydroxyl groups is 1. The van der Waals surface area contributed by atoms with Crippen molar-refractivity contribution in [2.75, 3.05) is 20.2 Å². The van der Waals surface area contributed by atoms with Crippen molar-refractivity contribution in [2.45, 2.75) is 39.8 Å². The minimum absolute atomic E-state index is 0.192. The molecule has 0 saturated carbocycles. The number of carbonyl (C=O) groups excluding carboxylic acids is 1. The van der Waals surface area contributed by atoms with E-state index in [2.05, 4.69) is 5.32 Å². The van der Waals surface area contributed by atoms with Crippen LogP contribution in [0.4, 0.5) is 4.79 Å². The Morgan fingerprint density at radius 1 is 1.43 bits per heavy atom. The van der Waals surface area contributed by atoms with Crippen LogP contribution in [0.1, 0.15) is 31.9 Å². The number of nitrogens with one attached hydrogen (secondary N) is 1. The molecule has 0 aliphatic heterocycles. The van der Waals surface area contributed by atoms with Gasteiger partial charge >= 0.3 is 6.03 Å². The van der Waals surface area contributed by atoms with E-state index in [-0.39, 0.29) is 6.03 Å². The number of nitrogens with zero attached hydrogens (tertiary/aromatic N) is 1. The van der Waals surface area contributed by atoms with Crippen LogP contribution in [0.3, 0.4) is 0 Å². The van der Waals surface area contributed by atoms with Crippen LogP contribution in [0.2, 0.25) is 0 Å². The van der Waals surface area contributed by atoms with E-state index in [0.29, 0.717) is 19.6 Å². The first-order chi connectivity index (χ1) is 9.76. The zero-order valence-corrected chi connectivity index (χ0v) is 13.6. The number of benzene rings is 1. The fourth-order valence-corrected chi connectivity index (χ4v) is 2.07. The summed E-state index contributed by atoms with van der Waals surface area (Å²) in [7, 11) is 1.62. The van der Waals surface area contributed by atoms with Gasteiger partial charge in [-0.15, -0.1) is 0 Å². The fraction of sp³-hybridized carbons (Fsp3) is 0.562. The van der Waals surface area contributed by atoms with Crippen molar-refractivity contribution in [3.63, 3.8) is 0 Å². The fourth-order valence-electron chi connectivity index (χ4n) is 2.07. The molecule has 0 bridgehead atoms. The average Bonchev–Trinajstić information content (AvgIpc) is 2.41. The van der Waals surface area contributed by atoms with Crippen molar-refractivity contribution in [3.05, 3.63) is 29.3 Å². The monoisotopic (exact) mass is 294 g/mol. The maximum absolute atomic E-state index is 12.2. The van der Waals surface area contributed by atoms with Gasteiger partial charge in [-0.1, -0.05) is 12.1 Å². The van der Waals surface area contributed by atoms with Gasteiger partial charge in [0.1, 0.15) is 5.75 Å². The Bertz CT molecular complexity index is 481. The second kappa shape index (κ2) is 7.31. The molecule has 1 aromatic carbocycles. The van der Waals surface area contributed by atoms with Gasteiger partial charge in [0, 0.05) is 18.7 Å². The summed E-state index contributed by atoms with van der Waals surface area (Å²) >= 11 is 0. The van der Waals surface area contributed by atoms with E-state index >= 15 is 0 Å². The zero-order valence-electron chi connectivity index (χ0n) is 13.6. The summed E-state index contributed by atoms with van der Waals surface area (Å²) in [6.07, 6.45) is 0. The lowest BCUT2D eigenvalue weighted by Gasteiger charge is -2.28. The predicted molar refractivity (Wildman–Crippen MR) is 83.5 cm³/mol. The lowest BCUT2D eigenvalue weighted by atomic mass is 10.1. The molecule has 2 amide bonds. The number of amides is 2. The minimum Gasteiger partial charge on any atom is -0.496 e. The molecule has 0 radical (unpaired) electrons. The number of likely N-dealkylation sites (N-methyl/N-ethyl adjacent to an activating group) is 1.